The summed E-state index contributed by atoms with van der Waals surface area (Å²) in [5.74, 6) is 0. The van der Waals surface area contributed by atoms with Gasteiger partial charge in [0.25, 0.3) is 0 Å². The second-order valence-electron chi connectivity index (χ2n) is 4.08. The molecule has 0 aliphatic carbocycles. The summed E-state index contributed by atoms with van der Waals surface area (Å²) in [6.07, 6.45) is 0.970. The van der Waals surface area contributed by atoms with Crippen molar-refractivity contribution in [1.29, 1.82) is 0 Å². The Morgan fingerprint density at radius 1 is 1.35 bits per heavy atom. The number of anilines is 1. The maximum absolute atomic E-state index is 5.92. The highest BCUT2D eigenvalue weighted by Crippen LogP contribution is 2.23. The number of rotatable bonds is 1. The van der Waals surface area contributed by atoms with Crippen LogP contribution in [0.5, 0.6) is 0 Å². The lowest BCUT2D eigenvalue weighted by molar-refractivity contribution is 0.518. The van der Waals surface area contributed by atoms with Crippen LogP contribution >= 0.6 is 35.4 Å². The zero-order valence-corrected chi connectivity index (χ0v) is 11.4. The minimum atomic E-state index is 0.206. The molecule has 0 aromatic heterocycles. The van der Waals surface area contributed by atoms with Crippen molar-refractivity contribution < 1.29 is 0 Å². The van der Waals surface area contributed by atoms with Gasteiger partial charge in [0.1, 0.15) is 0 Å². The Hall–Kier alpha value is -0.550. The molecular formula is C11H13Cl2N3S. The average Bonchev–Trinajstić information content (AvgIpc) is 2.63. The Morgan fingerprint density at radius 3 is 2.53 bits per heavy atom. The molecule has 2 rings (SSSR count). The van der Waals surface area contributed by atoms with E-state index in [0.717, 1.165) is 25.2 Å². The number of halogens is 2. The molecule has 1 fully saturated rings. The SMILES string of the molecule is N[C@@H]1CCN(C(=S)Nc2cc(Cl)cc(Cl)c2)C1. The summed E-state index contributed by atoms with van der Waals surface area (Å²) < 4.78 is 0. The molecule has 92 valence electrons. The van der Waals surface area contributed by atoms with E-state index in [-0.39, 0.29) is 6.04 Å². The van der Waals surface area contributed by atoms with Crippen LogP contribution < -0.4 is 11.1 Å². The smallest absolute Gasteiger partial charge is 0.173 e. The molecule has 0 unspecified atom stereocenters. The molecular weight excluding hydrogens is 277 g/mol. The summed E-state index contributed by atoms with van der Waals surface area (Å²) in [5, 5.41) is 4.95. The predicted octanol–water partition coefficient (Wildman–Crippen LogP) is 2.72. The second-order valence-corrected chi connectivity index (χ2v) is 5.34. The molecule has 1 aromatic carbocycles. The molecule has 3 nitrogen and oxygen atoms in total. The first-order valence-corrected chi connectivity index (χ1v) is 6.48. The predicted molar refractivity (Wildman–Crippen MR) is 76.8 cm³/mol. The Bertz CT molecular complexity index is 418. The average molecular weight is 290 g/mol. The van der Waals surface area contributed by atoms with Gasteiger partial charge in [-0.1, -0.05) is 23.2 Å². The number of hydrogen-bond donors (Lipinski definition) is 2. The van der Waals surface area contributed by atoms with Gasteiger partial charge in [0.2, 0.25) is 0 Å². The van der Waals surface area contributed by atoms with Crippen molar-refractivity contribution >= 4 is 46.2 Å². The van der Waals surface area contributed by atoms with E-state index in [4.69, 9.17) is 41.2 Å². The number of nitrogens with one attached hydrogen (secondary N) is 1. The molecule has 0 radical (unpaired) electrons. The van der Waals surface area contributed by atoms with Gasteiger partial charge in [-0.15, -0.1) is 0 Å². The third kappa shape index (κ3) is 3.45. The van der Waals surface area contributed by atoms with Gasteiger partial charge in [0.15, 0.2) is 5.11 Å². The Balaban J connectivity index is 2.03. The fraction of sp³-hybridized carbons (Fsp3) is 0.364. The fourth-order valence-electron chi connectivity index (χ4n) is 1.80. The van der Waals surface area contributed by atoms with Gasteiger partial charge in [-0.25, -0.2) is 0 Å². The van der Waals surface area contributed by atoms with Crippen LogP contribution in [-0.2, 0) is 0 Å². The van der Waals surface area contributed by atoms with E-state index >= 15 is 0 Å². The van der Waals surface area contributed by atoms with Gasteiger partial charge in [0.05, 0.1) is 0 Å². The molecule has 0 saturated carbocycles. The molecule has 1 aliphatic rings. The van der Waals surface area contributed by atoms with Gasteiger partial charge < -0.3 is 16.0 Å². The maximum Gasteiger partial charge on any atom is 0.173 e. The van der Waals surface area contributed by atoms with Crippen LogP contribution in [0.2, 0.25) is 10.0 Å². The molecule has 1 aliphatic heterocycles. The van der Waals surface area contributed by atoms with Crippen LogP contribution in [0, 0.1) is 0 Å². The Labute approximate surface area is 116 Å². The first kappa shape index (κ1) is 12.9. The van der Waals surface area contributed by atoms with Crippen molar-refractivity contribution in [3.8, 4) is 0 Å². The molecule has 1 aromatic rings. The molecule has 1 heterocycles. The molecule has 6 heteroatoms. The van der Waals surface area contributed by atoms with E-state index in [9.17, 15) is 0 Å². The topological polar surface area (TPSA) is 41.3 Å². The van der Waals surface area contributed by atoms with Gasteiger partial charge in [-0.05, 0) is 36.8 Å². The summed E-state index contributed by atoms with van der Waals surface area (Å²) in [6.45, 7) is 1.68. The van der Waals surface area contributed by atoms with Gasteiger partial charge in [-0.3, -0.25) is 0 Å². The van der Waals surface area contributed by atoms with Crippen molar-refractivity contribution in [1.82, 2.24) is 4.90 Å². The molecule has 0 amide bonds. The minimum absolute atomic E-state index is 0.206. The lowest BCUT2D eigenvalue weighted by Crippen LogP contribution is -2.34. The number of benzene rings is 1. The highest BCUT2D eigenvalue weighted by atomic mass is 35.5. The summed E-state index contributed by atoms with van der Waals surface area (Å²) >= 11 is 17.1. The summed E-state index contributed by atoms with van der Waals surface area (Å²) in [5.41, 5.74) is 6.63. The third-order valence-electron chi connectivity index (χ3n) is 2.63. The number of nitrogens with zero attached hydrogens (tertiary/aromatic N) is 1. The van der Waals surface area contributed by atoms with Crippen molar-refractivity contribution in [3.63, 3.8) is 0 Å². The van der Waals surface area contributed by atoms with E-state index in [1.807, 2.05) is 0 Å². The van der Waals surface area contributed by atoms with Crippen LogP contribution in [0.1, 0.15) is 6.42 Å². The first-order valence-electron chi connectivity index (χ1n) is 5.32. The summed E-state index contributed by atoms with van der Waals surface area (Å²) in [6, 6.07) is 5.46. The zero-order valence-electron chi connectivity index (χ0n) is 9.12. The van der Waals surface area contributed by atoms with Crippen molar-refractivity contribution in [3.05, 3.63) is 28.2 Å². The number of hydrogen-bond acceptors (Lipinski definition) is 2. The van der Waals surface area contributed by atoms with Gasteiger partial charge in [0, 0.05) is 34.9 Å². The maximum atomic E-state index is 5.92. The molecule has 1 saturated heterocycles. The first-order chi connectivity index (χ1) is 8.04. The van der Waals surface area contributed by atoms with E-state index < -0.39 is 0 Å². The molecule has 1 atom stereocenters. The van der Waals surface area contributed by atoms with Crippen LogP contribution in [-0.4, -0.2) is 29.1 Å². The van der Waals surface area contributed by atoms with Crippen LogP contribution in [0.15, 0.2) is 18.2 Å². The van der Waals surface area contributed by atoms with Crippen molar-refractivity contribution in [2.24, 2.45) is 5.73 Å². The lowest BCUT2D eigenvalue weighted by Gasteiger charge is -2.20. The molecule has 0 spiro atoms. The molecule has 3 N–H and O–H groups in total. The summed E-state index contributed by atoms with van der Waals surface area (Å²) in [7, 11) is 0. The van der Waals surface area contributed by atoms with Crippen LogP contribution in [0.3, 0.4) is 0 Å². The Kier molecular flexibility index (Phi) is 4.09. The number of thiocarbonyl (C=S) groups is 1. The standard InChI is InChI=1S/C11H13Cl2N3S/c12-7-3-8(13)5-10(4-7)15-11(17)16-2-1-9(14)6-16/h3-5,9H,1-2,6,14H2,(H,15,17)/t9-/m1/s1. The zero-order chi connectivity index (χ0) is 12.4. The largest absolute Gasteiger partial charge is 0.347 e. The van der Waals surface area contributed by atoms with Crippen molar-refractivity contribution in [2.45, 2.75) is 12.5 Å². The van der Waals surface area contributed by atoms with E-state index in [1.165, 1.54) is 0 Å². The van der Waals surface area contributed by atoms with E-state index in [0.29, 0.717) is 15.2 Å². The normalized spacial score (nSPS) is 19.5. The van der Waals surface area contributed by atoms with E-state index in [1.54, 1.807) is 18.2 Å². The highest BCUT2D eigenvalue weighted by molar-refractivity contribution is 7.80. The third-order valence-corrected chi connectivity index (χ3v) is 3.42. The number of likely N-dealkylation sites (tertiary alicyclic amines) is 1. The molecule has 17 heavy (non-hydrogen) atoms. The number of nitrogens with two attached hydrogens (primary N) is 1. The highest BCUT2D eigenvalue weighted by Gasteiger charge is 2.21. The van der Waals surface area contributed by atoms with Gasteiger partial charge in [-0.2, -0.15) is 0 Å². The van der Waals surface area contributed by atoms with Gasteiger partial charge >= 0.3 is 0 Å². The molecule has 0 bridgehead atoms. The second kappa shape index (κ2) is 5.40. The minimum Gasteiger partial charge on any atom is -0.347 e. The van der Waals surface area contributed by atoms with Crippen LogP contribution in [0.25, 0.3) is 0 Å². The fourth-order valence-corrected chi connectivity index (χ4v) is 2.61. The summed E-state index contributed by atoms with van der Waals surface area (Å²) in [4.78, 5) is 2.05. The van der Waals surface area contributed by atoms with Crippen molar-refractivity contribution in [2.75, 3.05) is 18.4 Å². The van der Waals surface area contributed by atoms with Crippen LogP contribution in [0.4, 0.5) is 5.69 Å². The monoisotopic (exact) mass is 289 g/mol. The Morgan fingerprint density at radius 2 is 2.00 bits per heavy atom. The quantitative estimate of drug-likeness (QED) is 0.780. The lowest BCUT2D eigenvalue weighted by atomic mass is 10.3. The van der Waals surface area contributed by atoms with E-state index in [2.05, 4.69) is 10.2 Å².